The van der Waals surface area contributed by atoms with Gasteiger partial charge in [-0.05, 0) is 103 Å². The van der Waals surface area contributed by atoms with E-state index in [1.165, 1.54) is 173 Å². The number of carbonyl (C=O) groups excluding carboxylic acids is 3. The van der Waals surface area contributed by atoms with Crippen LogP contribution >= 0.6 is 0 Å². The molecule has 0 aliphatic heterocycles. The van der Waals surface area contributed by atoms with Crippen LogP contribution in [0.3, 0.4) is 0 Å². The molecule has 83 heavy (non-hydrogen) atoms. The molecule has 476 valence electrons. The monoisotopic (exact) mass is 1150 g/mol. The topological polar surface area (TPSA) is 78.9 Å². The van der Waals surface area contributed by atoms with Crippen LogP contribution in [0.15, 0.2) is 109 Å². The fraction of sp³-hybridized carbons (Fsp3) is 0.727. The predicted octanol–water partition coefficient (Wildman–Crippen LogP) is 24.6. The van der Waals surface area contributed by atoms with Crippen molar-refractivity contribution in [2.75, 3.05) is 13.2 Å². The lowest BCUT2D eigenvalue weighted by Crippen LogP contribution is -2.30. The second-order valence-electron chi connectivity index (χ2n) is 23.4. The van der Waals surface area contributed by atoms with E-state index in [1.54, 1.807) is 0 Å². The second kappa shape index (κ2) is 70.6. The van der Waals surface area contributed by atoms with Gasteiger partial charge < -0.3 is 14.2 Å². The zero-order valence-electron chi connectivity index (χ0n) is 54.7. The summed E-state index contributed by atoms with van der Waals surface area (Å²) in [4.78, 5) is 38.4. The number of ether oxygens (including phenoxy) is 3. The van der Waals surface area contributed by atoms with Crippen molar-refractivity contribution in [3.05, 3.63) is 109 Å². The third kappa shape index (κ3) is 68.7. The Kier molecular flexibility index (Phi) is 67.2. The van der Waals surface area contributed by atoms with Crippen molar-refractivity contribution < 1.29 is 28.6 Å². The van der Waals surface area contributed by atoms with E-state index in [-0.39, 0.29) is 31.1 Å². The third-order valence-electron chi connectivity index (χ3n) is 15.3. The molecule has 0 fully saturated rings. The maximum Gasteiger partial charge on any atom is 0.306 e. The molecule has 1 unspecified atom stereocenters. The molecule has 6 heteroatoms. The number of carbonyl (C=O) groups is 3. The lowest BCUT2D eigenvalue weighted by molar-refractivity contribution is -0.167. The van der Waals surface area contributed by atoms with Gasteiger partial charge in [0.1, 0.15) is 13.2 Å². The summed E-state index contributed by atoms with van der Waals surface area (Å²) >= 11 is 0. The third-order valence-corrected chi connectivity index (χ3v) is 15.3. The minimum Gasteiger partial charge on any atom is -0.462 e. The summed E-state index contributed by atoms with van der Waals surface area (Å²) in [7, 11) is 0. The largest absolute Gasteiger partial charge is 0.462 e. The first kappa shape index (κ1) is 79.1. The van der Waals surface area contributed by atoms with Crippen molar-refractivity contribution in [2.45, 2.75) is 348 Å². The van der Waals surface area contributed by atoms with Gasteiger partial charge in [-0.25, -0.2) is 0 Å². The Hall–Kier alpha value is -3.93. The summed E-state index contributed by atoms with van der Waals surface area (Å²) in [5.74, 6) is -0.891. The van der Waals surface area contributed by atoms with Gasteiger partial charge in [0.05, 0.1) is 0 Å². The minimum atomic E-state index is -0.790. The van der Waals surface area contributed by atoms with Crippen LogP contribution in [0, 0.1) is 0 Å². The van der Waals surface area contributed by atoms with E-state index in [1.807, 2.05) is 0 Å². The molecule has 0 aromatic rings. The lowest BCUT2D eigenvalue weighted by atomic mass is 10.0. The van der Waals surface area contributed by atoms with E-state index in [9.17, 15) is 14.4 Å². The smallest absolute Gasteiger partial charge is 0.306 e. The van der Waals surface area contributed by atoms with E-state index >= 15 is 0 Å². The van der Waals surface area contributed by atoms with Gasteiger partial charge in [-0.1, -0.05) is 329 Å². The average Bonchev–Trinajstić information content (AvgIpc) is 3.49. The minimum absolute atomic E-state index is 0.0836. The summed E-state index contributed by atoms with van der Waals surface area (Å²) in [6, 6.07) is 0. The maximum atomic E-state index is 12.9. The van der Waals surface area contributed by atoms with Crippen LogP contribution in [0.25, 0.3) is 0 Å². The normalized spacial score (nSPS) is 12.8. The summed E-state index contributed by atoms with van der Waals surface area (Å²) in [6.07, 6.45) is 96.9. The van der Waals surface area contributed by atoms with Gasteiger partial charge in [0.15, 0.2) is 6.10 Å². The molecule has 1 atom stereocenters. The van der Waals surface area contributed by atoms with Gasteiger partial charge in [-0.2, -0.15) is 0 Å². The molecule has 0 rings (SSSR count). The van der Waals surface area contributed by atoms with Gasteiger partial charge in [0.2, 0.25) is 0 Å². The van der Waals surface area contributed by atoms with Crippen LogP contribution in [0.2, 0.25) is 0 Å². The van der Waals surface area contributed by atoms with Crippen LogP contribution in [-0.4, -0.2) is 37.2 Å². The molecule has 0 N–H and O–H groups in total. The van der Waals surface area contributed by atoms with E-state index in [4.69, 9.17) is 14.2 Å². The lowest BCUT2D eigenvalue weighted by Gasteiger charge is -2.18. The number of esters is 3. The second-order valence-corrected chi connectivity index (χ2v) is 23.4. The average molecular weight is 1150 g/mol. The highest BCUT2D eigenvalue weighted by Gasteiger charge is 2.19. The van der Waals surface area contributed by atoms with E-state index in [2.05, 4.69) is 130 Å². The Morgan fingerprint density at radius 2 is 0.470 bits per heavy atom. The highest BCUT2D eigenvalue weighted by Crippen LogP contribution is 2.18. The number of unbranched alkanes of at least 4 members (excludes halogenated alkanes) is 35. The molecule has 0 bridgehead atoms. The molecule has 0 heterocycles. The summed E-state index contributed by atoms with van der Waals surface area (Å²) in [6.45, 7) is 6.43. The predicted molar refractivity (Wildman–Crippen MR) is 362 cm³/mol. The fourth-order valence-electron chi connectivity index (χ4n) is 10.1. The van der Waals surface area contributed by atoms with Crippen LogP contribution in [0.4, 0.5) is 0 Å². The summed E-state index contributed by atoms with van der Waals surface area (Å²) < 4.78 is 17.0. The number of rotatable bonds is 64. The summed E-state index contributed by atoms with van der Waals surface area (Å²) in [5.41, 5.74) is 0. The zero-order valence-corrected chi connectivity index (χ0v) is 54.7. The van der Waals surface area contributed by atoms with Crippen LogP contribution < -0.4 is 0 Å². The molecule has 0 radical (unpaired) electrons. The number of hydrogen-bond donors (Lipinski definition) is 0. The van der Waals surface area contributed by atoms with Gasteiger partial charge in [0, 0.05) is 19.3 Å². The van der Waals surface area contributed by atoms with Crippen LogP contribution in [-0.2, 0) is 28.6 Å². The maximum absolute atomic E-state index is 12.9. The van der Waals surface area contributed by atoms with E-state index in [0.29, 0.717) is 19.3 Å². The highest BCUT2D eigenvalue weighted by atomic mass is 16.6. The van der Waals surface area contributed by atoms with E-state index < -0.39 is 6.10 Å². The Morgan fingerprint density at radius 3 is 0.735 bits per heavy atom. The van der Waals surface area contributed by atoms with Gasteiger partial charge in [-0.15, -0.1) is 0 Å². The van der Waals surface area contributed by atoms with E-state index in [0.717, 1.165) is 128 Å². The van der Waals surface area contributed by atoms with Crippen molar-refractivity contribution in [3.63, 3.8) is 0 Å². The molecule has 0 spiro atoms. The van der Waals surface area contributed by atoms with Gasteiger partial charge >= 0.3 is 17.9 Å². The Balaban J connectivity index is 4.22. The first-order chi connectivity index (χ1) is 41.0. The van der Waals surface area contributed by atoms with Crippen molar-refractivity contribution in [2.24, 2.45) is 0 Å². The fourth-order valence-corrected chi connectivity index (χ4v) is 10.1. The molecular weight excluding hydrogens is 1020 g/mol. The number of allylic oxidation sites excluding steroid dienone is 18. The SMILES string of the molecule is CC/C=C\C/C=C\C/C=C\C/C=C\C/C=C\CCCCCCCCCCCCCCCCCCCC(=O)OCC(COC(=O)CCCCCCCCCCCCCCCCC)OC(=O)CCCCCC/C=C\C/C=C\C/C=C\C/C=C\CC. The van der Waals surface area contributed by atoms with Gasteiger partial charge in [0.25, 0.3) is 0 Å². The van der Waals surface area contributed by atoms with Crippen LogP contribution in [0.1, 0.15) is 342 Å². The Bertz CT molecular complexity index is 1660. The summed E-state index contributed by atoms with van der Waals surface area (Å²) in [5, 5.41) is 0. The molecule has 6 nitrogen and oxygen atoms in total. The molecule has 0 aromatic carbocycles. The Labute approximate surface area is 514 Å². The molecule has 0 aromatic heterocycles. The first-order valence-electron chi connectivity index (χ1n) is 35.4. The molecule has 0 saturated heterocycles. The molecule has 0 aliphatic carbocycles. The number of hydrogen-bond acceptors (Lipinski definition) is 6. The molecule has 0 saturated carbocycles. The zero-order chi connectivity index (χ0) is 59.9. The standard InChI is InChI=1S/C77H132O6/c1-4-7-10-13-16-19-22-25-28-30-31-32-33-34-35-36-37-38-39-40-41-42-43-44-45-47-49-52-55-58-61-64-67-70-76(79)82-73-74(72-81-75(78)69-66-63-60-57-54-51-48-27-24-21-18-15-12-9-6-3)83-77(80)71-68-65-62-59-56-53-50-46-29-26-23-20-17-14-11-8-5-2/h7-8,10-11,16-17,19-20,25-26,28-29,31-32,34-35,50,53,74H,4-6,9,12-15,18,21-24,27,30,33,36-49,51-52,54-73H2,1-3H3/b10-7-,11-8-,19-16-,20-17-,28-25-,29-26-,32-31-,35-34-,53-50-. The quantitative estimate of drug-likeness (QED) is 0.0261. The molecule has 0 amide bonds. The molecule has 0 aliphatic rings. The van der Waals surface area contributed by atoms with Crippen molar-refractivity contribution >= 4 is 17.9 Å². The molecular formula is C77H132O6. The van der Waals surface area contributed by atoms with Crippen molar-refractivity contribution in [1.29, 1.82) is 0 Å². The Morgan fingerprint density at radius 1 is 0.253 bits per heavy atom. The highest BCUT2D eigenvalue weighted by molar-refractivity contribution is 5.71. The van der Waals surface area contributed by atoms with Crippen molar-refractivity contribution in [3.8, 4) is 0 Å². The first-order valence-corrected chi connectivity index (χ1v) is 35.4. The van der Waals surface area contributed by atoms with Crippen molar-refractivity contribution in [1.82, 2.24) is 0 Å². The van der Waals surface area contributed by atoms with Crippen LogP contribution in [0.5, 0.6) is 0 Å². The van der Waals surface area contributed by atoms with Gasteiger partial charge in [-0.3, -0.25) is 14.4 Å².